The molecule has 0 aliphatic heterocycles. The molecular formula is C22H20ClN5S. The summed E-state index contributed by atoms with van der Waals surface area (Å²) >= 11 is 8.28. The highest BCUT2D eigenvalue weighted by atomic mass is 35.5. The van der Waals surface area contributed by atoms with Crippen molar-refractivity contribution in [2.75, 3.05) is 0 Å². The van der Waals surface area contributed by atoms with Crippen molar-refractivity contribution >= 4 is 35.3 Å². The third kappa shape index (κ3) is 3.99. The first-order valence-corrected chi connectivity index (χ1v) is 10.4. The number of rotatable bonds is 5. The van der Waals surface area contributed by atoms with Crippen molar-refractivity contribution in [1.29, 1.82) is 0 Å². The predicted molar refractivity (Wildman–Crippen MR) is 119 cm³/mol. The molecule has 4 aromatic rings. The van der Waals surface area contributed by atoms with Crippen LogP contribution in [0.4, 0.5) is 5.69 Å². The Labute approximate surface area is 178 Å². The molecule has 0 amide bonds. The Bertz CT molecular complexity index is 1160. The molecule has 2 aromatic heterocycles. The minimum atomic E-state index is 0.545. The van der Waals surface area contributed by atoms with Gasteiger partial charge in [-0.2, -0.15) is 10.2 Å². The van der Waals surface area contributed by atoms with Gasteiger partial charge in [-0.3, -0.25) is 10.1 Å². The molecular weight excluding hydrogens is 402 g/mol. The van der Waals surface area contributed by atoms with E-state index in [0.29, 0.717) is 5.15 Å². The van der Waals surface area contributed by atoms with Crippen LogP contribution in [0.1, 0.15) is 22.6 Å². The minimum absolute atomic E-state index is 0.545. The second-order valence-electron chi connectivity index (χ2n) is 6.63. The van der Waals surface area contributed by atoms with Crippen LogP contribution in [0, 0.1) is 20.8 Å². The van der Waals surface area contributed by atoms with Crippen molar-refractivity contribution in [3.05, 3.63) is 82.4 Å². The summed E-state index contributed by atoms with van der Waals surface area (Å²) in [6.07, 6.45) is 1.79. The summed E-state index contributed by atoms with van der Waals surface area (Å²) in [5.74, 6) is 0. The molecule has 0 fully saturated rings. The topological polar surface area (TPSA) is 58.9 Å². The van der Waals surface area contributed by atoms with Crippen molar-refractivity contribution < 1.29 is 0 Å². The number of para-hydroxylation sites is 2. The second-order valence-corrected chi connectivity index (χ2v) is 8.04. The van der Waals surface area contributed by atoms with Crippen molar-refractivity contribution in [2.45, 2.75) is 30.6 Å². The molecule has 2 aromatic carbocycles. The summed E-state index contributed by atoms with van der Waals surface area (Å²) < 4.78 is 1.73. The molecule has 1 N–H and O–H groups in total. The first-order chi connectivity index (χ1) is 14.0. The molecule has 146 valence electrons. The lowest BCUT2D eigenvalue weighted by atomic mass is 10.3. The standard InChI is InChI=1S/C22H20ClN5S/c1-14-18(22(23)28(27-14)17-9-5-4-6-10-17)13-24-19-11-7-8-12-20(19)29-21-15(2)25-26-16(21)3/h4-13H,1-3H3,(H,25,26). The van der Waals surface area contributed by atoms with Crippen LogP contribution in [0.2, 0.25) is 5.15 Å². The molecule has 0 aliphatic rings. The van der Waals surface area contributed by atoms with Crippen molar-refractivity contribution in [2.24, 2.45) is 4.99 Å². The van der Waals surface area contributed by atoms with Crippen LogP contribution < -0.4 is 0 Å². The molecule has 0 aliphatic carbocycles. The number of nitrogens with one attached hydrogen (secondary N) is 1. The van der Waals surface area contributed by atoms with Crippen LogP contribution in [-0.4, -0.2) is 26.2 Å². The maximum atomic E-state index is 6.62. The summed E-state index contributed by atoms with van der Waals surface area (Å²) in [6, 6.07) is 17.9. The highest BCUT2D eigenvalue weighted by Crippen LogP contribution is 2.37. The van der Waals surface area contributed by atoms with Crippen LogP contribution in [-0.2, 0) is 0 Å². The van der Waals surface area contributed by atoms with Crippen molar-refractivity contribution in [3.8, 4) is 5.69 Å². The van der Waals surface area contributed by atoms with Crippen molar-refractivity contribution in [1.82, 2.24) is 20.0 Å². The summed E-state index contributed by atoms with van der Waals surface area (Å²) in [4.78, 5) is 6.91. The van der Waals surface area contributed by atoms with Gasteiger partial charge in [0, 0.05) is 16.8 Å². The van der Waals surface area contributed by atoms with Gasteiger partial charge in [0.05, 0.1) is 33.2 Å². The summed E-state index contributed by atoms with van der Waals surface area (Å²) in [6.45, 7) is 5.96. The normalized spacial score (nSPS) is 11.4. The molecule has 0 atom stereocenters. The number of H-pyrrole nitrogens is 1. The lowest BCUT2D eigenvalue weighted by Gasteiger charge is -2.05. The van der Waals surface area contributed by atoms with Gasteiger partial charge in [0.15, 0.2) is 0 Å². The third-order valence-electron chi connectivity index (χ3n) is 4.52. The number of hydrogen-bond donors (Lipinski definition) is 1. The van der Waals surface area contributed by atoms with Gasteiger partial charge in [-0.15, -0.1) is 0 Å². The lowest BCUT2D eigenvalue weighted by Crippen LogP contribution is -1.96. The largest absolute Gasteiger partial charge is 0.281 e. The Morgan fingerprint density at radius 2 is 1.72 bits per heavy atom. The molecule has 0 saturated heterocycles. The van der Waals surface area contributed by atoms with E-state index < -0.39 is 0 Å². The number of benzene rings is 2. The highest BCUT2D eigenvalue weighted by Gasteiger charge is 2.14. The van der Waals surface area contributed by atoms with Crippen LogP contribution in [0.3, 0.4) is 0 Å². The molecule has 5 nitrogen and oxygen atoms in total. The van der Waals surface area contributed by atoms with Crippen LogP contribution >= 0.6 is 23.4 Å². The quantitative estimate of drug-likeness (QED) is 0.397. The number of hydrogen-bond acceptors (Lipinski definition) is 4. The average molecular weight is 422 g/mol. The maximum absolute atomic E-state index is 6.62. The van der Waals surface area contributed by atoms with E-state index >= 15 is 0 Å². The van der Waals surface area contributed by atoms with Gasteiger partial charge in [-0.1, -0.05) is 53.7 Å². The van der Waals surface area contributed by atoms with Crippen molar-refractivity contribution in [3.63, 3.8) is 0 Å². The zero-order chi connectivity index (χ0) is 20.4. The zero-order valence-corrected chi connectivity index (χ0v) is 17.9. The second kappa shape index (κ2) is 8.27. The van der Waals surface area contributed by atoms with Gasteiger partial charge >= 0.3 is 0 Å². The van der Waals surface area contributed by atoms with Gasteiger partial charge in [-0.25, -0.2) is 4.68 Å². The first-order valence-electron chi connectivity index (χ1n) is 9.17. The Hall–Kier alpha value is -2.83. The Kier molecular flexibility index (Phi) is 5.56. The van der Waals surface area contributed by atoms with Gasteiger partial charge < -0.3 is 0 Å². The molecule has 2 heterocycles. The summed E-state index contributed by atoms with van der Waals surface area (Å²) in [5, 5.41) is 12.4. The van der Waals surface area contributed by atoms with Gasteiger partial charge in [0.1, 0.15) is 5.15 Å². The fraction of sp³-hybridized carbons (Fsp3) is 0.136. The maximum Gasteiger partial charge on any atom is 0.141 e. The fourth-order valence-electron chi connectivity index (χ4n) is 2.98. The van der Waals surface area contributed by atoms with E-state index in [1.807, 2.05) is 69.3 Å². The summed E-state index contributed by atoms with van der Waals surface area (Å²) in [5.41, 5.74) is 5.46. The van der Waals surface area contributed by atoms with Gasteiger partial charge in [-0.05, 0) is 45.0 Å². The first kappa shape index (κ1) is 19.5. The monoisotopic (exact) mass is 421 g/mol. The molecule has 0 bridgehead atoms. The fourth-order valence-corrected chi connectivity index (χ4v) is 4.29. The molecule has 0 spiro atoms. The number of aromatic nitrogens is 4. The molecule has 0 saturated carbocycles. The predicted octanol–water partition coefficient (Wildman–Crippen LogP) is 6.08. The van der Waals surface area contributed by atoms with E-state index in [9.17, 15) is 0 Å². The van der Waals surface area contributed by atoms with E-state index in [2.05, 4.69) is 21.4 Å². The highest BCUT2D eigenvalue weighted by molar-refractivity contribution is 7.99. The molecule has 0 radical (unpaired) electrons. The Balaban J connectivity index is 1.67. The number of aromatic amines is 1. The van der Waals surface area contributed by atoms with E-state index in [-0.39, 0.29) is 0 Å². The minimum Gasteiger partial charge on any atom is -0.281 e. The van der Waals surface area contributed by atoms with Crippen LogP contribution in [0.5, 0.6) is 0 Å². The number of halogens is 1. The number of nitrogens with zero attached hydrogens (tertiary/aromatic N) is 4. The Morgan fingerprint density at radius 3 is 2.45 bits per heavy atom. The van der Waals surface area contributed by atoms with E-state index in [0.717, 1.165) is 43.8 Å². The lowest BCUT2D eigenvalue weighted by molar-refractivity contribution is 0.863. The van der Waals surface area contributed by atoms with E-state index in [1.54, 1.807) is 22.7 Å². The molecule has 4 rings (SSSR count). The molecule has 7 heteroatoms. The zero-order valence-electron chi connectivity index (χ0n) is 16.3. The number of aliphatic imine (C=N–C) groups is 1. The molecule has 29 heavy (non-hydrogen) atoms. The smallest absolute Gasteiger partial charge is 0.141 e. The Morgan fingerprint density at radius 1 is 1.00 bits per heavy atom. The number of aryl methyl sites for hydroxylation is 3. The molecule has 0 unspecified atom stereocenters. The van der Waals surface area contributed by atoms with Gasteiger partial charge in [0.2, 0.25) is 0 Å². The van der Waals surface area contributed by atoms with E-state index in [1.165, 1.54) is 0 Å². The summed E-state index contributed by atoms with van der Waals surface area (Å²) in [7, 11) is 0. The SMILES string of the molecule is Cc1nn(-c2ccccc2)c(Cl)c1C=Nc1ccccc1Sc1c(C)n[nH]c1C. The third-order valence-corrected chi connectivity index (χ3v) is 6.25. The van der Waals surface area contributed by atoms with Gasteiger partial charge in [0.25, 0.3) is 0 Å². The average Bonchev–Trinajstić information content (AvgIpc) is 3.20. The van der Waals surface area contributed by atoms with E-state index in [4.69, 9.17) is 16.6 Å². The van der Waals surface area contributed by atoms with Crippen LogP contribution in [0.15, 0.2) is 69.4 Å². The van der Waals surface area contributed by atoms with Crippen LogP contribution in [0.25, 0.3) is 5.69 Å².